The van der Waals surface area contributed by atoms with Gasteiger partial charge in [0.1, 0.15) is 0 Å². The smallest absolute Gasteiger partial charge is 0.193 e. The molecule has 1 heterocycles. The molecule has 1 aliphatic carbocycles. The van der Waals surface area contributed by atoms with E-state index in [0.717, 1.165) is 38.1 Å². The van der Waals surface area contributed by atoms with Crippen LogP contribution in [0.2, 0.25) is 0 Å². The third kappa shape index (κ3) is 8.84. The van der Waals surface area contributed by atoms with E-state index in [0.29, 0.717) is 23.5 Å². The van der Waals surface area contributed by atoms with Crippen LogP contribution in [0, 0.1) is 5.92 Å². The molecule has 1 fully saturated rings. The Morgan fingerprint density at radius 2 is 2.00 bits per heavy atom. The molecule has 0 bridgehead atoms. The number of nitrogens with zero attached hydrogens (tertiary/aromatic N) is 3. The highest BCUT2D eigenvalue weighted by molar-refractivity contribution is 7.80. The van der Waals surface area contributed by atoms with Gasteiger partial charge in [0.15, 0.2) is 11.1 Å². The average Bonchev–Trinajstić information content (AvgIpc) is 2.73. The van der Waals surface area contributed by atoms with Gasteiger partial charge < -0.3 is 16.4 Å². The predicted octanol–water partition coefficient (Wildman–Crippen LogP) is 3.30. The number of anilines is 1. The van der Waals surface area contributed by atoms with Crippen LogP contribution in [0.15, 0.2) is 29.5 Å². The molecule has 0 saturated heterocycles. The number of hydrogen-bond donors (Lipinski definition) is 3. The molecule has 4 N–H and O–H groups in total. The molecule has 0 amide bonds. The van der Waals surface area contributed by atoms with Crippen LogP contribution in [0.4, 0.5) is 5.69 Å². The zero-order chi connectivity index (χ0) is 20.0. The summed E-state index contributed by atoms with van der Waals surface area (Å²) in [5.74, 6) is 1.10. The van der Waals surface area contributed by atoms with E-state index in [4.69, 9.17) is 22.8 Å². The SMILES string of the molecule is CNC(=S)N(CCCCCN=C(N)Nc1ccncc1)OCC1CCCCC1. The van der Waals surface area contributed by atoms with Gasteiger partial charge in [0.05, 0.1) is 6.61 Å². The van der Waals surface area contributed by atoms with E-state index >= 15 is 0 Å². The minimum Gasteiger partial charge on any atom is -0.370 e. The van der Waals surface area contributed by atoms with Crippen LogP contribution in [-0.2, 0) is 4.84 Å². The van der Waals surface area contributed by atoms with Crippen molar-refractivity contribution in [1.82, 2.24) is 15.4 Å². The predicted molar refractivity (Wildman–Crippen MR) is 119 cm³/mol. The first-order valence-electron chi connectivity index (χ1n) is 10.3. The maximum Gasteiger partial charge on any atom is 0.193 e. The topological polar surface area (TPSA) is 87.8 Å². The first-order valence-corrected chi connectivity index (χ1v) is 10.7. The van der Waals surface area contributed by atoms with Crippen LogP contribution in [0.3, 0.4) is 0 Å². The van der Waals surface area contributed by atoms with E-state index in [-0.39, 0.29) is 0 Å². The van der Waals surface area contributed by atoms with Crippen molar-refractivity contribution in [2.45, 2.75) is 51.4 Å². The van der Waals surface area contributed by atoms with Crippen molar-refractivity contribution < 1.29 is 4.84 Å². The van der Waals surface area contributed by atoms with Gasteiger partial charge in [-0.15, -0.1) is 0 Å². The van der Waals surface area contributed by atoms with Crippen molar-refractivity contribution in [2.24, 2.45) is 16.6 Å². The fraction of sp³-hybridized carbons (Fsp3) is 0.650. The Morgan fingerprint density at radius 1 is 1.25 bits per heavy atom. The van der Waals surface area contributed by atoms with Crippen LogP contribution < -0.4 is 16.4 Å². The lowest BCUT2D eigenvalue weighted by Crippen LogP contribution is -2.39. The summed E-state index contributed by atoms with van der Waals surface area (Å²) in [5, 5.41) is 8.57. The van der Waals surface area contributed by atoms with Crippen LogP contribution in [0.1, 0.15) is 51.4 Å². The number of pyridine rings is 1. The quantitative estimate of drug-likeness (QED) is 0.181. The summed E-state index contributed by atoms with van der Waals surface area (Å²) in [6.45, 7) is 2.26. The molecule has 0 atom stereocenters. The highest BCUT2D eigenvalue weighted by Crippen LogP contribution is 2.24. The second-order valence-corrected chi connectivity index (χ2v) is 7.53. The summed E-state index contributed by atoms with van der Waals surface area (Å²) >= 11 is 5.38. The number of nitrogens with one attached hydrogen (secondary N) is 2. The summed E-state index contributed by atoms with van der Waals surface area (Å²) < 4.78 is 0. The normalized spacial score (nSPS) is 15.2. The number of aromatic nitrogens is 1. The van der Waals surface area contributed by atoms with Crippen LogP contribution in [0.5, 0.6) is 0 Å². The fourth-order valence-corrected chi connectivity index (χ4v) is 3.41. The third-order valence-corrected chi connectivity index (χ3v) is 5.29. The molecule has 0 aromatic carbocycles. The van der Waals surface area contributed by atoms with Gasteiger partial charge in [-0.05, 0) is 62.4 Å². The van der Waals surface area contributed by atoms with Gasteiger partial charge in [0.2, 0.25) is 0 Å². The first-order chi connectivity index (χ1) is 13.7. The molecule has 2 rings (SSSR count). The lowest BCUT2D eigenvalue weighted by molar-refractivity contribution is -0.117. The number of aliphatic imine (C=N–C) groups is 1. The van der Waals surface area contributed by atoms with Gasteiger partial charge >= 0.3 is 0 Å². The number of thiocarbonyl (C=S) groups is 1. The van der Waals surface area contributed by atoms with E-state index in [1.165, 1.54) is 32.1 Å². The van der Waals surface area contributed by atoms with E-state index in [1.807, 2.05) is 24.2 Å². The Hall–Kier alpha value is -1.93. The molecule has 0 unspecified atom stereocenters. The summed E-state index contributed by atoms with van der Waals surface area (Å²) in [6.07, 6.45) is 13.0. The van der Waals surface area contributed by atoms with Crippen molar-refractivity contribution in [3.05, 3.63) is 24.5 Å². The maximum absolute atomic E-state index is 6.01. The van der Waals surface area contributed by atoms with E-state index < -0.39 is 0 Å². The van der Waals surface area contributed by atoms with Crippen molar-refractivity contribution in [3.63, 3.8) is 0 Å². The fourth-order valence-electron chi connectivity index (χ4n) is 3.26. The van der Waals surface area contributed by atoms with Gasteiger partial charge in [0.25, 0.3) is 0 Å². The second-order valence-electron chi connectivity index (χ2n) is 7.15. The summed E-state index contributed by atoms with van der Waals surface area (Å²) in [6, 6.07) is 3.71. The van der Waals surface area contributed by atoms with E-state index in [1.54, 1.807) is 12.4 Å². The lowest BCUT2D eigenvalue weighted by atomic mass is 9.90. The van der Waals surface area contributed by atoms with Crippen LogP contribution >= 0.6 is 12.2 Å². The molecule has 1 saturated carbocycles. The molecular weight excluding hydrogens is 372 g/mol. The second kappa shape index (κ2) is 13.3. The minimum atomic E-state index is 0.431. The summed E-state index contributed by atoms with van der Waals surface area (Å²) in [4.78, 5) is 14.3. The zero-order valence-electron chi connectivity index (χ0n) is 16.9. The maximum atomic E-state index is 6.01. The highest BCUT2D eigenvalue weighted by Gasteiger charge is 2.16. The largest absolute Gasteiger partial charge is 0.370 e. The molecule has 0 spiro atoms. The van der Waals surface area contributed by atoms with Gasteiger partial charge in [-0.25, -0.2) is 5.06 Å². The third-order valence-electron chi connectivity index (χ3n) is 4.89. The zero-order valence-corrected chi connectivity index (χ0v) is 17.7. The number of hydroxylamine groups is 2. The van der Waals surface area contributed by atoms with Crippen LogP contribution in [0.25, 0.3) is 0 Å². The van der Waals surface area contributed by atoms with Crippen LogP contribution in [-0.4, -0.2) is 47.9 Å². The van der Waals surface area contributed by atoms with Crippen molar-refractivity contribution in [1.29, 1.82) is 0 Å². The van der Waals surface area contributed by atoms with Gasteiger partial charge in [-0.1, -0.05) is 19.3 Å². The van der Waals surface area contributed by atoms with Gasteiger partial charge in [0, 0.05) is 38.2 Å². The Morgan fingerprint density at radius 3 is 2.71 bits per heavy atom. The highest BCUT2D eigenvalue weighted by atomic mass is 32.1. The average molecular weight is 407 g/mol. The molecule has 28 heavy (non-hydrogen) atoms. The van der Waals surface area contributed by atoms with Crippen molar-refractivity contribution in [3.8, 4) is 0 Å². The molecular formula is C20H34N6OS. The molecule has 1 aromatic rings. The minimum absolute atomic E-state index is 0.431. The standard InChI is InChI=1S/C20H34N6OS/c1-22-20(28)26(27-16-17-8-4-2-5-9-17)15-7-3-6-12-24-19(21)25-18-10-13-23-14-11-18/h10-11,13-14,17H,2-9,12,15-16H2,1H3,(H,22,28)(H3,21,23,24,25). The Labute approximate surface area is 174 Å². The molecule has 0 aliphatic heterocycles. The lowest BCUT2D eigenvalue weighted by Gasteiger charge is -2.28. The van der Waals surface area contributed by atoms with E-state index in [2.05, 4.69) is 20.6 Å². The number of rotatable bonds is 10. The van der Waals surface area contributed by atoms with Crippen molar-refractivity contribution in [2.75, 3.05) is 32.1 Å². The van der Waals surface area contributed by atoms with Gasteiger partial charge in [-0.2, -0.15) is 0 Å². The Bertz CT molecular complexity index is 592. The van der Waals surface area contributed by atoms with Gasteiger partial charge in [-0.3, -0.25) is 14.8 Å². The van der Waals surface area contributed by atoms with E-state index in [9.17, 15) is 0 Å². The number of nitrogens with two attached hydrogens (primary N) is 1. The molecule has 7 nitrogen and oxygen atoms in total. The summed E-state index contributed by atoms with van der Waals surface area (Å²) in [7, 11) is 1.84. The first kappa shape index (κ1) is 22.4. The number of hydrogen-bond acceptors (Lipinski definition) is 4. The molecule has 8 heteroatoms. The molecule has 1 aliphatic rings. The Balaban J connectivity index is 1.61. The molecule has 156 valence electrons. The number of unbranched alkanes of at least 4 members (excludes halogenated alkanes) is 2. The monoisotopic (exact) mass is 406 g/mol. The molecule has 0 radical (unpaired) electrons. The summed E-state index contributed by atoms with van der Waals surface area (Å²) in [5.41, 5.74) is 6.79. The molecule has 1 aromatic heterocycles. The Kier molecular flexibility index (Phi) is 10.6. The number of guanidine groups is 1. The van der Waals surface area contributed by atoms with Crippen molar-refractivity contribution >= 4 is 29.0 Å².